The molecule has 31 heavy (non-hydrogen) atoms. The van der Waals surface area contributed by atoms with E-state index >= 15 is 0 Å². The molecule has 12 heteroatoms. The average molecular weight is 452 g/mol. The Morgan fingerprint density at radius 2 is 2.00 bits per heavy atom. The van der Waals surface area contributed by atoms with Crippen molar-refractivity contribution in [3.8, 4) is 0 Å². The number of sulfonamides is 1. The van der Waals surface area contributed by atoms with Gasteiger partial charge in [-0.15, -0.1) is 0 Å². The lowest BCUT2D eigenvalue weighted by Gasteiger charge is -2.21. The van der Waals surface area contributed by atoms with E-state index in [2.05, 4.69) is 10.7 Å². The first-order valence-electron chi connectivity index (χ1n) is 9.63. The van der Waals surface area contributed by atoms with Crippen LogP contribution in [0.3, 0.4) is 0 Å². The topological polar surface area (TPSA) is 142 Å². The molecule has 2 aliphatic rings. The summed E-state index contributed by atoms with van der Waals surface area (Å²) in [5.74, 6) is -2.25. The Bertz CT molecular complexity index is 1070. The SMILES string of the molecule is CCC1(C)NC(=O)N(NC(=O)COC(=O)c2ccc3c(c2)CC(C)N3S(C)(=O)=O)C1=O. The minimum absolute atomic E-state index is 0.155. The van der Waals surface area contributed by atoms with Gasteiger partial charge in [0.15, 0.2) is 6.61 Å². The van der Waals surface area contributed by atoms with Crippen molar-refractivity contribution >= 4 is 39.5 Å². The van der Waals surface area contributed by atoms with Gasteiger partial charge in [0.1, 0.15) is 5.54 Å². The van der Waals surface area contributed by atoms with Crippen molar-refractivity contribution in [2.75, 3.05) is 17.2 Å². The first-order valence-corrected chi connectivity index (χ1v) is 11.5. The van der Waals surface area contributed by atoms with E-state index in [4.69, 9.17) is 4.74 Å². The number of fused-ring (bicyclic) bond motifs is 1. The van der Waals surface area contributed by atoms with Crippen LogP contribution in [0.1, 0.15) is 43.1 Å². The van der Waals surface area contributed by atoms with Crippen LogP contribution in [0, 0.1) is 0 Å². The molecule has 0 aliphatic carbocycles. The molecular formula is C19H24N4O7S. The molecule has 1 fully saturated rings. The Labute approximate surface area is 179 Å². The van der Waals surface area contributed by atoms with Crippen molar-refractivity contribution in [3.63, 3.8) is 0 Å². The smallest absolute Gasteiger partial charge is 0.344 e. The zero-order chi connectivity index (χ0) is 23.1. The third kappa shape index (κ3) is 4.20. The standard InChI is InChI=1S/C19H24N4O7S/c1-5-19(3)17(26)22(18(27)20-19)21-15(24)10-30-16(25)12-6-7-14-13(9-12)8-11(2)23(14)31(4,28)29/h6-7,9,11H,5,8,10H2,1-4H3,(H,20,27)(H,21,24). The molecule has 0 radical (unpaired) electrons. The minimum atomic E-state index is -3.45. The maximum absolute atomic E-state index is 12.3. The predicted molar refractivity (Wildman–Crippen MR) is 109 cm³/mol. The Balaban J connectivity index is 1.62. The Kier molecular flexibility index (Phi) is 5.70. The number of imide groups is 1. The summed E-state index contributed by atoms with van der Waals surface area (Å²) in [7, 11) is -3.45. The largest absolute Gasteiger partial charge is 0.452 e. The van der Waals surface area contributed by atoms with Gasteiger partial charge < -0.3 is 10.1 Å². The fourth-order valence-corrected chi connectivity index (χ4v) is 4.90. The molecule has 3 rings (SSSR count). The normalized spacial score (nSPS) is 22.9. The van der Waals surface area contributed by atoms with Crippen LogP contribution < -0.4 is 15.0 Å². The van der Waals surface area contributed by atoms with Crippen molar-refractivity contribution in [2.24, 2.45) is 0 Å². The molecule has 1 saturated heterocycles. The molecule has 11 nitrogen and oxygen atoms in total. The first kappa shape index (κ1) is 22.5. The van der Waals surface area contributed by atoms with E-state index < -0.39 is 46.0 Å². The number of carbonyl (C=O) groups is 4. The van der Waals surface area contributed by atoms with Crippen LogP contribution in [0.15, 0.2) is 18.2 Å². The average Bonchev–Trinajstić information content (AvgIpc) is 3.13. The van der Waals surface area contributed by atoms with Crippen LogP contribution in [-0.4, -0.2) is 61.7 Å². The number of hydrogen-bond donors (Lipinski definition) is 2. The van der Waals surface area contributed by atoms with Gasteiger partial charge in [-0.3, -0.25) is 19.3 Å². The van der Waals surface area contributed by atoms with E-state index in [0.29, 0.717) is 29.1 Å². The highest BCUT2D eigenvalue weighted by molar-refractivity contribution is 7.92. The van der Waals surface area contributed by atoms with Gasteiger partial charge in [0, 0.05) is 6.04 Å². The molecule has 168 valence electrons. The third-order valence-corrected chi connectivity index (χ3v) is 6.64. The predicted octanol–water partition coefficient (Wildman–Crippen LogP) is 0.306. The second kappa shape index (κ2) is 7.84. The van der Waals surface area contributed by atoms with Crippen LogP contribution in [0.4, 0.5) is 10.5 Å². The van der Waals surface area contributed by atoms with Crippen LogP contribution in [0.2, 0.25) is 0 Å². The second-order valence-electron chi connectivity index (χ2n) is 7.82. The molecule has 2 unspecified atom stereocenters. The first-order chi connectivity index (χ1) is 14.4. The van der Waals surface area contributed by atoms with Gasteiger partial charge >= 0.3 is 12.0 Å². The summed E-state index contributed by atoms with van der Waals surface area (Å²) in [6.07, 6.45) is 1.90. The quantitative estimate of drug-likeness (QED) is 0.467. The number of carbonyl (C=O) groups excluding carboxylic acids is 4. The summed E-state index contributed by atoms with van der Waals surface area (Å²) in [6.45, 7) is 4.32. The maximum Gasteiger partial charge on any atom is 0.344 e. The van der Waals surface area contributed by atoms with E-state index in [1.165, 1.54) is 22.5 Å². The number of rotatable bonds is 6. The molecule has 1 aromatic carbocycles. The number of esters is 1. The second-order valence-corrected chi connectivity index (χ2v) is 9.68. The van der Waals surface area contributed by atoms with Crippen LogP contribution in [0.25, 0.3) is 0 Å². The van der Waals surface area contributed by atoms with E-state index in [-0.39, 0.29) is 11.6 Å². The number of hydrazine groups is 1. The molecule has 0 spiro atoms. The Hall–Kier alpha value is -3.15. The number of benzene rings is 1. The van der Waals surface area contributed by atoms with Crippen LogP contribution >= 0.6 is 0 Å². The van der Waals surface area contributed by atoms with Gasteiger partial charge in [-0.2, -0.15) is 5.01 Å². The molecule has 2 heterocycles. The number of ether oxygens (including phenoxy) is 1. The van der Waals surface area contributed by atoms with E-state index in [0.717, 1.165) is 6.26 Å². The molecule has 2 aliphatic heterocycles. The number of amides is 4. The fraction of sp³-hybridized carbons (Fsp3) is 0.474. The summed E-state index contributed by atoms with van der Waals surface area (Å²) in [6, 6.07) is 3.42. The lowest BCUT2D eigenvalue weighted by atomic mass is 10.00. The van der Waals surface area contributed by atoms with Crippen molar-refractivity contribution in [1.29, 1.82) is 0 Å². The summed E-state index contributed by atoms with van der Waals surface area (Å²) in [5, 5.41) is 3.05. The zero-order valence-corrected chi connectivity index (χ0v) is 18.4. The lowest BCUT2D eigenvalue weighted by molar-refractivity contribution is -0.139. The van der Waals surface area contributed by atoms with Crippen molar-refractivity contribution in [3.05, 3.63) is 29.3 Å². The summed E-state index contributed by atoms with van der Waals surface area (Å²) in [5.41, 5.74) is 2.35. The zero-order valence-electron chi connectivity index (χ0n) is 17.6. The maximum atomic E-state index is 12.3. The van der Waals surface area contributed by atoms with Crippen LogP contribution in [-0.2, 0) is 30.8 Å². The minimum Gasteiger partial charge on any atom is -0.452 e. The van der Waals surface area contributed by atoms with Crippen LogP contribution in [0.5, 0.6) is 0 Å². The van der Waals surface area contributed by atoms with Crippen molar-refractivity contribution in [2.45, 2.75) is 45.2 Å². The Morgan fingerprint density at radius 1 is 1.32 bits per heavy atom. The number of nitrogens with one attached hydrogen (secondary N) is 2. The number of urea groups is 1. The van der Waals surface area contributed by atoms with Gasteiger partial charge in [-0.1, -0.05) is 6.92 Å². The van der Waals surface area contributed by atoms with Gasteiger partial charge in [-0.25, -0.2) is 18.0 Å². The summed E-state index contributed by atoms with van der Waals surface area (Å²) < 4.78 is 30.2. The number of nitrogens with zero attached hydrogens (tertiary/aromatic N) is 2. The lowest BCUT2D eigenvalue weighted by Crippen LogP contribution is -2.49. The number of hydrogen-bond acceptors (Lipinski definition) is 7. The molecule has 4 amide bonds. The molecule has 0 saturated carbocycles. The van der Waals surface area contributed by atoms with Crippen molar-refractivity contribution in [1.82, 2.24) is 15.8 Å². The molecule has 2 N–H and O–H groups in total. The Morgan fingerprint density at radius 3 is 2.58 bits per heavy atom. The molecular weight excluding hydrogens is 428 g/mol. The molecule has 0 aromatic heterocycles. The third-order valence-electron chi connectivity index (χ3n) is 5.36. The van der Waals surface area contributed by atoms with Gasteiger partial charge in [0.2, 0.25) is 10.0 Å². The number of anilines is 1. The summed E-state index contributed by atoms with van der Waals surface area (Å²) in [4.78, 5) is 48.6. The highest BCUT2D eigenvalue weighted by Gasteiger charge is 2.47. The molecule has 1 aromatic rings. The molecule has 2 atom stereocenters. The fourth-order valence-electron chi connectivity index (χ4n) is 3.63. The highest BCUT2D eigenvalue weighted by Crippen LogP contribution is 2.34. The van der Waals surface area contributed by atoms with E-state index in [1.54, 1.807) is 20.8 Å². The van der Waals surface area contributed by atoms with E-state index in [1.807, 2.05) is 0 Å². The van der Waals surface area contributed by atoms with Gasteiger partial charge in [0.05, 0.1) is 17.5 Å². The monoisotopic (exact) mass is 452 g/mol. The van der Waals surface area contributed by atoms with Gasteiger partial charge in [-0.05, 0) is 50.5 Å². The molecule has 0 bridgehead atoms. The summed E-state index contributed by atoms with van der Waals surface area (Å²) >= 11 is 0. The highest BCUT2D eigenvalue weighted by atomic mass is 32.2. The van der Waals surface area contributed by atoms with Crippen molar-refractivity contribution < 1.29 is 32.3 Å². The van der Waals surface area contributed by atoms with Gasteiger partial charge in [0.25, 0.3) is 11.8 Å². The van der Waals surface area contributed by atoms with E-state index in [9.17, 15) is 27.6 Å².